The topological polar surface area (TPSA) is 61.2 Å². The number of rotatable bonds is 9. The van der Waals surface area contributed by atoms with Crippen molar-refractivity contribution in [2.45, 2.75) is 44.1 Å². The van der Waals surface area contributed by atoms with Crippen LogP contribution in [0.1, 0.15) is 43.7 Å². The van der Waals surface area contributed by atoms with E-state index in [4.69, 9.17) is 0 Å². The minimum atomic E-state index is -2.94. The van der Waals surface area contributed by atoms with E-state index < -0.39 is 15.3 Å². The Morgan fingerprint density at radius 2 is 1.62 bits per heavy atom. The lowest BCUT2D eigenvalue weighted by atomic mass is 9.73. The molecule has 0 radical (unpaired) electrons. The molecular weight excluding hydrogens is 380 g/mol. The molecule has 0 aromatic heterocycles. The van der Waals surface area contributed by atoms with Crippen molar-refractivity contribution >= 4 is 9.84 Å². The second-order valence-corrected chi connectivity index (χ2v) is 10.2. The number of nitrogens with zero attached hydrogens (tertiary/aromatic N) is 2. The van der Waals surface area contributed by atoms with E-state index in [9.17, 15) is 13.7 Å². The van der Waals surface area contributed by atoms with Crippen LogP contribution in [0.2, 0.25) is 0 Å². The van der Waals surface area contributed by atoms with Gasteiger partial charge in [-0.2, -0.15) is 5.26 Å². The van der Waals surface area contributed by atoms with Crippen LogP contribution < -0.4 is 0 Å². The maximum absolute atomic E-state index is 12.0. The summed E-state index contributed by atoms with van der Waals surface area (Å²) in [6.45, 7) is 3.73. The molecule has 1 fully saturated rings. The Hall–Kier alpha value is -2.16. The third-order valence-electron chi connectivity index (χ3n) is 6.02. The smallest absolute Gasteiger partial charge is 0.151 e. The Morgan fingerprint density at radius 1 is 1.03 bits per heavy atom. The number of unbranched alkanes of at least 4 members (excludes halogenated alkanes) is 1. The summed E-state index contributed by atoms with van der Waals surface area (Å²) in [5, 5.41) is 10.4. The highest BCUT2D eigenvalue weighted by atomic mass is 32.2. The highest BCUT2D eigenvalue weighted by molar-refractivity contribution is 7.91. The van der Waals surface area contributed by atoms with Gasteiger partial charge in [0.05, 0.1) is 17.6 Å². The van der Waals surface area contributed by atoms with E-state index in [1.54, 1.807) is 0 Å². The van der Waals surface area contributed by atoms with Crippen molar-refractivity contribution in [1.82, 2.24) is 4.90 Å². The van der Waals surface area contributed by atoms with E-state index >= 15 is 0 Å². The van der Waals surface area contributed by atoms with Gasteiger partial charge in [0.25, 0.3) is 0 Å². The van der Waals surface area contributed by atoms with Crippen LogP contribution in [0.5, 0.6) is 0 Å². The van der Waals surface area contributed by atoms with Gasteiger partial charge in [-0.3, -0.25) is 4.90 Å². The van der Waals surface area contributed by atoms with Gasteiger partial charge in [-0.25, -0.2) is 8.42 Å². The Bertz CT molecular complexity index is 881. The van der Waals surface area contributed by atoms with Gasteiger partial charge >= 0.3 is 0 Å². The summed E-state index contributed by atoms with van der Waals surface area (Å²) >= 11 is 0. The van der Waals surface area contributed by atoms with Gasteiger partial charge < -0.3 is 0 Å². The molecule has 154 valence electrons. The van der Waals surface area contributed by atoms with Crippen LogP contribution in [0.25, 0.3) is 0 Å². The summed E-state index contributed by atoms with van der Waals surface area (Å²) in [5.74, 6) is 0.522. The number of benzene rings is 2. The zero-order valence-electron chi connectivity index (χ0n) is 17.1. The van der Waals surface area contributed by atoms with Crippen molar-refractivity contribution < 1.29 is 8.42 Å². The first-order valence-corrected chi connectivity index (χ1v) is 12.3. The number of sulfone groups is 1. The molecule has 1 saturated heterocycles. The monoisotopic (exact) mass is 410 g/mol. The fourth-order valence-corrected chi connectivity index (χ4v) is 6.06. The number of hydrogen-bond acceptors (Lipinski definition) is 4. The predicted molar refractivity (Wildman–Crippen MR) is 117 cm³/mol. The van der Waals surface area contributed by atoms with Gasteiger partial charge in [0.2, 0.25) is 0 Å². The van der Waals surface area contributed by atoms with Crippen LogP contribution in [0.15, 0.2) is 60.7 Å². The first kappa shape index (κ1) is 21.5. The molecule has 1 aliphatic heterocycles. The molecule has 1 aliphatic rings. The van der Waals surface area contributed by atoms with Gasteiger partial charge in [0.15, 0.2) is 9.84 Å². The third-order valence-corrected chi connectivity index (χ3v) is 7.77. The molecular formula is C24H30N2O2S. The fraction of sp³-hybridized carbons (Fsp3) is 0.458. The van der Waals surface area contributed by atoms with E-state index in [1.165, 1.54) is 0 Å². The molecule has 0 aliphatic carbocycles. The summed E-state index contributed by atoms with van der Waals surface area (Å²) in [6, 6.07) is 22.6. The average Bonchev–Trinajstić information content (AvgIpc) is 3.12. The molecule has 0 N–H and O–H groups in total. The maximum Gasteiger partial charge on any atom is 0.151 e. The van der Waals surface area contributed by atoms with Crippen LogP contribution in [-0.4, -0.2) is 44.0 Å². The lowest BCUT2D eigenvalue weighted by molar-refractivity contribution is 0.198. The number of hydrogen-bond donors (Lipinski definition) is 0. The molecule has 4 nitrogen and oxygen atoms in total. The molecule has 29 heavy (non-hydrogen) atoms. The van der Waals surface area contributed by atoms with Crippen LogP contribution in [0, 0.1) is 11.3 Å². The lowest BCUT2D eigenvalue weighted by Gasteiger charge is -2.34. The summed E-state index contributed by atoms with van der Waals surface area (Å²) in [7, 11) is -2.94. The normalized spacial score (nSPS) is 18.6. The Kier molecular flexibility index (Phi) is 7.10. The van der Waals surface area contributed by atoms with Gasteiger partial charge in [-0.15, -0.1) is 0 Å². The van der Waals surface area contributed by atoms with Crippen LogP contribution in [-0.2, 0) is 15.3 Å². The lowest BCUT2D eigenvalue weighted by Crippen LogP contribution is -2.41. The Labute approximate surface area is 175 Å². The Balaban J connectivity index is 1.89. The molecule has 0 amide bonds. The summed E-state index contributed by atoms with van der Waals surface area (Å²) in [4.78, 5) is 2.31. The summed E-state index contributed by atoms with van der Waals surface area (Å²) in [6.07, 6.45) is 3.43. The van der Waals surface area contributed by atoms with E-state index in [0.717, 1.165) is 30.5 Å². The average molecular weight is 411 g/mol. The second-order valence-electron chi connectivity index (χ2n) is 7.95. The molecule has 1 atom stereocenters. The van der Waals surface area contributed by atoms with Crippen molar-refractivity contribution in [2.24, 2.45) is 0 Å². The SMILES string of the molecule is CCCCN(CCC(C#N)(c1ccccc1)c1ccccc1)C1CCS(=O)(=O)C1. The second kappa shape index (κ2) is 9.56. The summed E-state index contributed by atoms with van der Waals surface area (Å²) in [5.41, 5.74) is 1.23. The number of nitriles is 1. The largest absolute Gasteiger partial charge is 0.299 e. The quantitative estimate of drug-likeness (QED) is 0.622. The molecule has 0 bridgehead atoms. The first-order chi connectivity index (χ1) is 14.0. The van der Waals surface area contributed by atoms with E-state index in [0.29, 0.717) is 19.4 Å². The molecule has 0 spiro atoms. The van der Waals surface area contributed by atoms with Crippen molar-refractivity contribution in [2.75, 3.05) is 24.6 Å². The minimum absolute atomic E-state index is 0.0643. The van der Waals surface area contributed by atoms with Crippen molar-refractivity contribution in [3.8, 4) is 6.07 Å². The zero-order chi connectivity index (χ0) is 20.7. The van der Waals surface area contributed by atoms with E-state index in [1.807, 2.05) is 60.7 Å². The van der Waals surface area contributed by atoms with E-state index in [-0.39, 0.29) is 17.5 Å². The first-order valence-electron chi connectivity index (χ1n) is 10.5. The van der Waals surface area contributed by atoms with Gasteiger partial charge in [0, 0.05) is 12.6 Å². The maximum atomic E-state index is 12.0. The van der Waals surface area contributed by atoms with Gasteiger partial charge in [-0.05, 0) is 36.9 Å². The van der Waals surface area contributed by atoms with Gasteiger partial charge in [-0.1, -0.05) is 74.0 Å². The molecule has 0 saturated carbocycles. The van der Waals surface area contributed by atoms with Crippen molar-refractivity contribution in [1.29, 1.82) is 5.26 Å². The predicted octanol–water partition coefficient (Wildman–Crippen LogP) is 4.18. The third kappa shape index (κ3) is 5.07. The van der Waals surface area contributed by atoms with Crippen LogP contribution in [0.3, 0.4) is 0 Å². The zero-order valence-corrected chi connectivity index (χ0v) is 17.9. The minimum Gasteiger partial charge on any atom is -0.299 e. The van der Waals surface area contributed by atoms with Crippen LogP contribution >= 0.6 is 0 Å². The molecule has 1 heterocycles. The molecule has 3 rings (SSSR count). The van der Waals surface area contributed by atoms with Crippen molar-refractivity contribution in [3.63, 3.8) is 0 Å². The van der Waals surface area contributed by atoms with Gasteiger partial charge in [0.1, 0.15) is 5.41 Å². The molecule has 2 aromatic rings. The highest BCUT2D eigenvalue weighted by Gasteiger charge is 2.37. The molecule has 5 heteroatoms. The fourth-order valence-electron chi connectivity index (χ4n) is 4.30. The molecule has 2 aromatic carbocycles. The van der Waals surface area contributed by atoms with E-state index in [2.05, 4.69) is 17.9 Å². The summed E-state index contributed by atoms with van der Waals surface area (Å²) < 4.78 is 24.1. The highest BCUT2D eigenvalue weighted by Crippen LogP contribution is 2.36. The standard InChI is InChI=1S/C24H30N2O2S/c1-2-3-16-26(23-14-18-29(27,28)19-23)17-15-24(20-25,21-10-6-4-7-11-21)22-12-8-5-9-13-22/h4-13,23H,2-3,14-19H2,1H3. The molecule has 1 unspecified atom stereocenters. The Morgan fingerprint density at radius 3 is 2.07 bits per heavy atom. The van der Waals surface area contributed by atoms with Crippen LogP contribution in [0.4, 0.5) is 0 Å². The van der Waals surface area contributed by atoms with Crippen molar-refractivity contribution in [3.05, 3.63) is 71.8 Å².